The largest absolute Gasteiger partial charge is 0.328 e. The molecule has 0 saturated carbocycles. The van der Waals surface area contributed by atoms with Crippen LogP contribution >= 0.6 is 22.9 Å². The predicted octanol–water partition coefficient (Wildman–Crippen LogP) is 5.72. The Balaban J connectivity index is 1.26. The second kappa shape index (κ2) is 9.04. The SMILES string of the molecule is CC(C)c1csc(C(=O)N2C3CCC2CN(Cc2c(-c4ccc(Cl)cc4)nc4ccccn24)C3)n1. The van der Waals surface area contributed by atoms with Crippen LogP contribution in [0.25, 0.3) is 16.9 Å². The number of aromatic nitrogens is 3. The maximum Gasteiger partial charge on any atom is 0.283 e. The summed E-state index contributed by atoms with van der Waals surface area (Å²) in [5.74, 6) is 0.437. The molecule has 4 aromatic rings. The summed E-state index contributed by atoms with van der Waals surface area (Å²) >= 11 is 7.62. The summed E-state index contributed by atoms with van der Waals surface area (Å²) in [6.07, 6.45) is 4.18. The van der Waals surface area contributed by atoms with Crippen molar-refractivity contribution >= 4 is 34.5 Å². The monoisotopic (exact) mass is 505 g/mol. The zero-order valence-electron chi connectivity index (χ0n) is 19.9. The van der Waals surface area contributed by atoms with Crippen LogP contribution in [-0.4, -0.2) is 55.2 Å². The normalized spacial score (nSPS) is 20.3. The third-order valence-electron chi connectivity index (χ3n) is 7.21. The summed E-state index contributed by atoms with van der Waals surface area (Å²) in [6.45, 7) is 6.75. The van der Waals surface area contributed by atoms with Crippen LogP contribution in [0.3, 0.4) is 0 Å². The standard InChI is InChI=1S/C27H28ClN5OS/c1-17(2)22-16-35-26(29-22)27(34)33-20-10-11-21(33)14-31(13-20)15-23-25(18-6-8-19(28)9-7-18)30-24-5-3-4-12-32(23)24/h3-9,12,16-17,20-21H,10-11,13-15H2,1-2H3. The number of fused-ring (bicyclic) bond motifs is 3. The average Bonchev–Trinajstić information content (AvgIpc) is 3.55. The van der Waals surface area contributed by atoms with Crippen LogP contribution in [0.15, 0.2) is 54.0 Å². The Morgan fingerprint density at radius 3 is 2.51 bits per heavy atom. The summed E-state index contributed by atoms with van der Waals surface area (Å²) in [6, 6.07) is 14.5. The maximum absolute atomic E-state index is 13.4. The molecule has 180 valence electrons. The number of carbonyl (C=O) groups is 1. The highest BCUT2D eigenvalue weighted by atomic mass is 35.5. The Bertz CT molecular complexity index is 1360. The van der Waals surface area contributed by atoms with Crippen molar-refractivity contribution in [3.63, 3.8) is 0 Å². The minimum Gasteiger partial charge on any atom is -0.328 e. The summed E-state index contributed by atoms with van der Waals surface area (Å²) in [4.78, 5) is 27.6. The number of nitrogens with zero attached hydrogens (tertiary/aromatic N) is 5. The van der Waals surface area contributed by atoms with Crippen molar-refractivity contribution in [2.75, 3.05) is 13.1 Å². The molecule has 2 saturated heterocycles. The van der Waals surface area contributed by atoms with Gasteiger partial charge in [-0.1, -0.05) is 43.6 Å². The van der Waals surface area contributed by atoms with Crippen LogP contribution in [0.5, 0.6) is 0 Å². The van der Waals surface area contributed by atoms with E-state index >= 15 is 0 Å². The van der Waals surface area contributed by atoms with Gasteiger partial charge in [0.1, 0.15) is 5.65 Å². The molecule has 0 spiro atoms. The molecule has 2 bridgehead atoms. The number of likely N-dealkylation sites (tertiary alicyclic amines) is 1. The van der Waals surface area contributed by atoms with Gasteiger partial charge in [0, 0.05) is 53.9 Å². The van der Waals surface area contributed by atoms with Gasteiger partial charge in [-0.25, -0.2) is 9.97 Å². The molecule has 2 aliphatic rings. The number of imidazole rings is 1. The molecule has 2 aliphatic heterocycles. The second-order valence-corrected chi connectivity index (χ2v) is 11.2. The molecule has 0 N–H and O–H groups in total. The van der Waals surface area contributed by atoms with Crippen LogP contribution in [-0.2, 0) is 6.54 Å². The summed E-state index contributed by atoms with van der Waals surface area (Å²) < 4.78 is 2.19. The smallest absolute Gasteiger partial charge is 0.283 e. The summed E-state index contributed by atoms with van der Waals surface area (Å²) in [7, 11) is 0. The van der Waals surface area contributed by atoms with E-state index in [2.05, 4.69) is 39.2 Å². The van der Waals surface area contributed by atoms with Crippen LogP contribution in [0.4, 0.5) is 0 Å². The third-order valence-corrected chi connectivity index (χ3v) is 8.31. The second-order valence-electron chi connectivity index (χ2n) is 9.87. The fourth-order valence-corrected chi connectivity index (χ4v) is 6.51. The first kappa shape index (κ1) is 22.7. The number of carbonyl (C=O) groups excluding carboxylic acids is 1. The van der Waals surface area contributed by atoms with Crippen molar-refractivity contribution in [3.8, 4) is 11.3 Å². The van der Waals surface area contributed by atoms with Crippen LogP contribution in [0, 0.1) is 0 Å². The van der Waals surface area contributed by atoms with Gasteiger partial charge in [-0.15, -0.1) is 11.3 Å². The molecule has 0 radical (unpaired) electrons. The molecule has 8 heteroatoms. The van der Waals surface area contributed by atoms with Crippen molar-refractivity contribution in [2.24, 2.45) is 0 Å². The van der Waals surface area contributed by atoms with Crippen molar-refractivity contribution < 1.29 is 4.79 Å². The summed E-state index contributed by atoms with van der Waals surface area (Å²) in [5.41, 5.74) is 5.17. The number of hydrogen-bond acceptors (Lipinski definition) is 5. The lowest BCUT2D eigenvalue weighted by molar-refractivity contribution is 0.0402. The first-order valence-corrected chi connectivity index (χ1v) is 13.5. The molecule has 0 aliphatic carbocycles. The fourth-order valence-electron chi connectivity index (χ4n) is 5.46. The van der Waals surface area contributed by atoms with E-state index in [9.17, 15) is 4.79 Å². The molecular formula is C27H28ClN5OS. The van der Waals surface area contributed by atoms with Gasteiger partial charge in [0.25, 0.3) is 5.91 Å². The van der Waals surface area contributed by atoms with E-state index in [0.29, 0.717) is 10.9 Å². The highest BCUT2D eigenvalue weighted by Crippen LogP contribution is 2.34. The van der Waals surface area contributed by atoms with Gasteiger partial charge < -0.3 is 9.30 Å². The minimum atomic E-state index is 0.103. The van der Waals surface area contributed by atoms with E-state index in [0.717, 1.165) is 60.1 Å². The highest BCUT2D eigenvalue weighted by Gasteiger charge is 2.43. The van der Waals surface area contributed by atoms with E-state index in [4.69, 9.17) is 16.6 Å². The minimum absolute atomic E-state index is 0.103. The number of halogens is 1. The molecule has 5 heterocycles. The quantitative estimate of drug-likeness (QED) is 0.348. The third kappa shape index (κ3) is 4.15. The Labute approximate surface area is 214 Å². The van der Waals surface area contributed by atoms with Gasteiger partial charge in [-0.3, -0.25) is 9.69 Å². The van der Waals surface area contributed by atoms with Crippen molar-refractivity contribution in [1.29, 1.82) is 0 Å². The molecule has 1 amide bonds. The first-order valence-electron chi connectivity index (χ1n) is 12.2. The Morgan fingerprint density at radius 1 is 1.09 bits per heavy atom. The lowest BCUT2D eigenvalue weighted by atomic mass is 10.1. The average molecular weight is 506 g/mol. The van der Waals surface area contributed by atoms with Gasteiger partial charge in [-0.2, -0.15) is 0 Å². The van der Waals surface area contributed by atoms with Crippen molar-refractivity contribution in [3.05, 3.63) is 75.5 Å². The van der Waals surface area contributed by atoms with Gasteiger partial charge in [0.15, 0.2) is 5.01 Å². The van der Waals surface area contributed by atoms with Gasteiger partial charge in [-0.05, 0) is 43.0 Å². The van der Waals surface area contributed by atoms with Gasteiger partial charge in [0.05, 0.1) is 17.1 Å². The van der Waals surface area contributed by atoms with E-state index in [1.807, 2.05) is 47.8 Å². The molecular weight excluding hydrogens is 478 g/mol. The van der Waals surface area contributed by atoms with Crippen LogP contribution in [0.2, 0.25) is 5.02 Å². The number of rotatable bonds is 5. The molecule has 2 fully saturated rings. The number of benzene rings is 1. The maximum atomic E-state index is 13.4. The molecule has 3 aromatic heterocycles. The zero-order valence-corrected chi connectivity index (χ0v) is 21.5. The molecule has 6 rings (SSSR count). The lowest BCUT2D eigenvalue weighted by Gasteiger charge is -2.40. The lowest BCUT2D eigenvalue weighted by Crippen LogP contribution is -2.55. The van der Waals surface area contributed by atoms with Gasteiger partial charge >= 0.3 is 0 Å². The summed E-state index contributed by atoms with van der Waals surface area (Å²) in [5, 5.41) is 3.38. The molecule has 1 aromatic carbocycles. The number of thiazole rings is 1. The topological polar surface area (TPSA) is 53.7 Å². The van der Waals surface area contributed by atoms with E-state index in [1.54, 1.807) is 0 Å². The van der Waals surface area contributed by atoms with Gasteiger partial charge in [0.2, 0.25) is 0 Å². The number of pyridine rings is 1. The van der Waals surface area contributed by atoms with Crippen LogP contribution in [0.1, 0.15) is 53.8 Å². The number of hydrogen-bond donors (Lipinski definition) is 0. The zero-order chi connectivity index (χ0) is 24.1. The predicted molar refractivity (Wildman–Crippen MR) is 140 cm³/mol. The van der Waals surface area contributed by atoms with E-state index < -0.39 is 0 Å². The fraction of sp³-hybridized carbons (Fsp3) is 0.370. The molecule has 2 atom stereocenters. The van der Waals surface area contributed by atoms with Crippen molar-refractivity contribution in [2.45, 2.75) is 51.2 Å². The van der Waals surface area contributed by atoms with Crippen LogP contribution < -0.4 is 0 Å². The number of piperazine rings is 1. The molecule has 6 nitrogen and oxygen atoms in total. The first-order chi connectivity index (χ1) is 17.0. The van der Waals surface area contributed by atoms with E-state index in [1.165, 1.54) is 17.0 Å². The molecule has 2 unspecified atom stereocenters. The Hall–Kier alpha value is -2.74. The highest BCUT2D eigenvalue weighted by molar-refractivity contribution is 7.11. The molecule has 35 heavy (non-hydrogen) atoms. The van der Waals surface area contributed by atoms with E-state index in [-0.39, 0.29) is 18.0 Å². The van der Waals surface area contributed by atoms with Crippen molar-refractivity contribution in [1.82, 2.24) is 24.2 Å². The number of amides is 1. The Morgan fingerprint density at radius 2 is 1.83 bits per heavy atom. The Kier molecular flexibility index (Phi) is 5.87.